The van der Waals surface area contributed by atoms with E-state index in [2.05, 4.69) is 17.2 Å². The van der Waals surface area contributed by atoms with E-state index in [1.54, 1.807) is 24.3 Å². The molecule has 0 aliphatic rings. The molecule has 0 saturated carbocycles. The van der Waals surface area contributed by atoms with Crippen molar-refractivity contribution in [2.24, 2.45) is 0 Å². The van der Waals surface area contributed by atoms with Crippen LogP contribution in [-0.2, 0) is 20.9 Å². The van der Waals surface area contributed by atoms with Crippen molar-refractivity contribution in [1.82, 2.24) is 5.32 Å². The van der Waals surface area contributed by atoms with Gasteiger partial charge in [0, 0.05) is 12.6 Å². The Kier molecular flexibility index (Phi) is 5.44. The fraction of sp³-hybridized carbons (Fsp3) is 0.231. The standard InChI is InChI=1S/C13H16N2O3/c1-3-14-8-13(17)15-12-6-4-11(5-7-12)9-18-10(2)16/h3-7,14H,1,8-9H2,2H3,(H,15,17). The molecule has 0 spiro atoms. The van der Waals surface area contributed by atoms with Gasteiger partial charge >= 0.3 is 5.97 Å². The van der Waals surface area contributed by atoms with E-state index in [1.807, 2.05) is 0 Å². The van der Waals surface area contributed by atoms with Crippen molar-refractivity contribution < 1.29 is 14.3 Å². The maximum atomic E-state index is 11.4. The zero-order valence-corrected chi connectivity index (χ0v) is 10.2. The fourth-order valence-electron chi connectivity index (χ4n) is 1.24. The Labute approximate surface area is 106 Å². The number of nitrogens with one attached hydrogen (secondary N) is 2. The summed E-state index contributed by atoms with van der Waals surface area (Å²) in [5.74, 6) is -0.467. The van der Waals surface area contributed by atoms with Crippen LogP contribution in [0, 0.1) is 0 Å². The number of ether oxygens (including phenoxy) is 1. The molecule has 96 valence electrons. The van der Waals surface area contributed by atoms with Crippen LogP contribution in [-0.4, -0.2) is 18.4 Å². The maximum absolute atomic E-state index is 11.4. The van der Waals surface area contributed by atoms with Crippen LogP contribution in [0.5, 0.6) is 0 Å². The summed E-state index contributed by atoms with van der Waals surface area (Å²) >= 11 is 0. The lowest BCUT2D eigenvalue weighted by molar-refractivity contribution is -0.142. The third kappa shape index (κ3) is 5.16. The summed E-state index contributed by atoms with van der Waals surface area (Å²) in [7, 11) is 0. The minimum Gasteiger partial charge on any atom is -0.461 e. The van der Waals surface area contributed by atoms with Crippen LogP contribution < -0.4 is 10.6 Å². The first-order valence-corrected chi connectivity index (χ1v) is 5.48. The summed E-state index contributed by atoms with van der Waals surface area (Å²) < 4.78 is 4.85. The van der Waals surface area contributed by atoms with Gasteiger partial charge in [-0.1, -0.05) is 18.7 Å². The molecule has 0 unspecified atom stereocenters. The topological polar surface area (TPSA) is 67.4 Å². The number of anilines is 1. The van der Waals surface area contributed by atoms with Gasteiger partial charge < -0.3 is 15.4 Å². The summed E-state index contributed by atoms with van der Waals surface area (Å²) in [5, 5.41) is 5.42. The second-order valence-corrected chi connectivity index (χ2v) is 3.61. The third-order valence-corrected chi connectivity index (χ3v) is 2.09. The molecule has 1 rings (SSSR count). The van der Waals surface area contributed by atoms with Crippen LogP contribution in [0.3, 0.4) is 0 Å². The molecule has 1 aromatic carbocycles. The largest absolute Gasteiger partial charge is 0.461 e. The number of rotatable bonds is 6. The summed E-state index contributed by atoms with van der Waals surface area (Å²) in [6.45, 7) is 5.23. The third-order valence-electron chi connectivity index (χ3n) is 2.09. The number of hydrogen-bond donors (Lipinski definition) is 2. The molecule has 18 heavy (non-hydrogen) atoms. The van der Waals surface area contributed by atoms with Gasteiger partial charge in [-0.15, -0.1) is 0 Å². The molecular weight excluding hydrogens is 232 g/mol. The molecule has 0 radical (unpaired) electrons. The molecule has 1 aromatic rings. The van der Waals surface area contributed by atoms with E-state index in [1.165, 1.54) is 13.1 Å². The van der Waals surface area contributed by atoms with E-state index in [0.29, 0.717) is 5.69 Å². The van der Waals surface area contributed by atoms with Gasteiger partial charge in [0.15, 0.2) is 0 Å². The van der Waals surface area contributed by atoms with Crippen LogP contribution in [0.25, 0.3) is 0 Å². The average molecular weight is 248 g/mol. The number of carbonyl (C=O) groups excluding carboxylic acids is 2. The molecule has 0 saturated heterocycles. The Morgan fingerprint density at radius 3 is 2.56 bits per heavy atom. The smallest absolute Gasteiger partial charge is 0.302 e. The summed E-state index contributed by atoms with van der Waals surface area (Å²) in [4.78, 5) is 22.0. The highest BCUT2D eigenvalue weighted by atomic mass is 16.5. The summed E-state index contributed by atoms with van der Waals surface area (Å²) in [6.07, 6.45) is 1.46. The lowest BCUT2D eigenvalue weighted by Gasteiger charge is -2.06. The number of amides is 1. The van der Waals surface area contributed by atoms with Gasteiger partial charge in [-0.25, -0.2) is 0 Å². The molecule has 5 heteroatoms. The Morgan fingerprint density at radius 1 is 1.33 bits per heavy atom. The van der Waals surface area contributed by atoms with Crippen LogP contribution in [0.15, 0.2) is 37.0 Å². The molecule has 0 fully saturated rings. The molecule has 0 bridgehead atoms. The summed E-state index contributed by atoms with van der Waals surface area (Å²) in [5.41, 5.74) is 1.56. The number of carbonyl (C=O) groups is 2. The predicted octanol–water partition coefficient (Wildman–Crippen LogP) is 1.42. The Balaban J connectivity index is 2.46. The second-order valence-electron chi connectivity index (χ2n) is 3.61. The zero-order chi connectivity index (χ0) is 13.4. The number of hydrogen-bond acceptors (Lipinski definition) is 4. The number of benzene rings is 1. The van der Waals surface area contributed by atoms with Crippen molar-refractivity contribution in [3.05, 3.63) is 42.6 Å². The normalized spacial score (nSPS) is 9.39. The lowest BCUT2D eigenvalue weighted by atomic mass is 10.2. The molecule has 0 heterocycles. The van der Waals surface area contributed by atoms with E-state index < -0.39 is 0 Å². The minimum atomic E-state index is -0.317. The van der Waals surface area contributed by atoms with E-state index >= 15 is 0 Å². The van der Waals surface area contributed by atoms with Crippen molar-refractivity contribution >= 4 is 17.6 Å². The molecule has 5 nitrogen and oxygen atoms in total. The molecule has 0 atom stereocenters. The van der Waals surface area contributed by atoms with Crippen LogP contribution >= 0.6 is 0 Å². The first-order chi connectivity index (χ1) is 8.61. The first-order valence-electron chi connectivity index (χ1n) is 5.48. The van der Waals surface area contributed by atoms with E-state index in [0.717, 1.165) is 5.56 Å². The predicted molar refractivity (Wildman–Crippen MR) is 68.7 cm³/mol. The highest BCUT2D eigenvalue weighted by Crippen LogP contribution is 2.10. The molecule has 0 aliphatic heterocycles. The van der Waals surface area contributed by atoms with Gasteiger partial charge in [-0.05, 0) is 23.9 Å². The fourth-order valence-corrected chi connectivity index (χ4v) is 1.24. The maximum Gasteiger partial charge on any atom is 0.302 e. The average Bonchev–Trinajstić information content (AvgIpc) is 2.35. The highest BCUT2D eigenvalue weighted by Gasteiger charge is 2.01. The van der Waals surface area contributed by atoms with Crippen LogP contribution in [0.1, 0.15) is 12.5 Å². The van der Waals surface area contributed by atoms with Gasteiger partial charge in [0.2, 0.25) is 5.91 Å². The van der Waals surface area contributed by atoms with Gasteiger partial charge in [-0.3, -0.25) is 9.59 Å². The van der Waals surface area contributed by atoms with Crippen molar-refractivity contribution in [3.63, 3.8) is 0 Å². The van der Waals surface area contributed by atoms with Gasteiger partial charge in [-0.2, -0.15) is 0 Å². The quantitative estimate of drug-likeness (QED) is 0.747. The number of esters is 1. The van der Waals surface area contributed by atoms with Crippen LogP contribution in [0.4, 0.5) is 5.69 Å². The van der Waals surface area contributed by atoms with E-state index in [4.69, 9.17) is 4.74 Å². The van der Waals surface area contributed by atoms with E-state index in [-0.39, 0.29) is 25.0 Å². The second kappa shape index (κ2) is 7.11. The first kappa shape index (κ1) is 13.8. The Morgan fingerprint density at radius 2 is 2.00 bits per heavy atom. The SMILES string of the molecule is C=CNCC(=O)Nc1ccc(COC(C)=O)cc1. The van der Waals surface area contributed by atoms with Gasteiger partial charge in [0.1, 0.15) is 6.61 Å². The molecule has 0 aromatic heterocycles. The minimum absolute atomic E-state index is 0.150. The van der Waals surface area contributed by atoms with Gasteiger partial charge in [0.05, 0.1) is 6.54 Å². The van der Waals surface area contributed by atoms with E-state index in [9.17, 15) is 9.59 Å². The molecule has 2 N–H and O–H groups in total. The lowest BCUT2D eigenvalue weighted by Crippen LogP contribution is -2.24. The molecule has 0 aliphatic carbocycles. The monoisotopic (exact) mass is 248 g/mol. The van der Waals surface area contributed by atoms with Gasteiger partial charge in [0.25, 0.3) is 0 Å². The Hall–Kier alpha value is -2.30. The summed E-state index contributed by atoms with van der Waals surface area (Å²) in [6, 6.07) is 7.09. The van der Waals surface area contributed by atoms with Crippen molar-refractivity contribution in [2.75, 3.05) is 11.9 Å². The molecule has 1 amide bonds. The van der Waals surface area contributed by atoms with Crippen molar-refractivity contribution in [1.29, 1.82) is 0 Å². The van der Waals surface area contributed by atoms with Crippen molar-refractivity contribution in [2.45, 2.75) is 13.5 Å². The molecular formula is C13H16N2O3. The van der Waals surface area contributed by atoms with Crippen LogP contribution in [0.2, 0.25) is 0 Å². The van der Waals surface area contributed by atoms with Crippen molar-refractivity contribution in [3.8, 4) is 0 Å². The zero-order valence-electron chi connectivity index (χ0n) is 10.2. The Bertz CT molecular complexity index is 426. The highest BCUT2D eigenvalue weighted by molar-refractivity contribution is 5.92.